The normalized spacial score (nSPS) is 14.5. The fourth-order valence-electron chi connectivity index (χ4n) is 5.22. The summed E-state index contributed by atoms with van der Waals surface area (Å²) in [6, 6.07) is 17.3. The van der Waals surface area contributed by atoms with Crippen LogP contribution in [0.2, 0.25) is 0 Å². The molecule has 37 heavy (non-hydrogen) atoms. The molecule has 3 aromatic heterocycles. The third-order valence-electron chi connectivity index (χ3n) is 7.25. The molecule has 0 atom stereocenters. The fraction of sp³-hybridized carbons (Fsp3) is 0.267. The lowest BCUT2D eigenvalue weighted by Crippen LogP contribution is -2.44. The number of allylic oxidation sites excluding steroid dienone is 1. The summed E-state index contributed by atoms with van der Waals surface area (Å²) in [5, 5.41) is 13.6. The zero-order chi connectivity index (χ0) is 25.4. The molecule has 1 aliphatic heterocycles. The summed E-state index contributed by atoms with van der Waals surface area (Å²) in [6.45, 7) is 10.5. The lowest BCUT2D eigenvalue weighted by atomic mass is 10.0. The first-order valence-corrected chi connectivity index (χ1v) is 13.0. The fourth-order valence-corrected chi connectivity index (χ4v) is 5.22. The molecule has 0 unspecified atom stereocenters. The Morgan fingerprint density at radius 3 is 2.68 bits per heavy atom. The van der Waals surface area contributed by atoms with Gasteiger partial charge in [-0.25, -0.2) is 0 Å². The largest absolute Gasteiger partial charge is 0.368 e. The second kappa shape index (κ2) is 9.75. The van der Waals surface area contributed by atoms with E-state index < -0.39 is 0 Å². The maximum atomic E-state index is 4.71. The van der Waals surface area contributed by atoms with Gasteiger partial charge in [-0.3, -0.25) is 10.1 Å². The Labute approximate surface area is 217 Å². The molecule has 0 spiro atoms. The molecule has 6 rings (SSSR count). The highest BCUT2D eigenvalue weighted by Gasteiger charge is 2.19. The molecule has 188 valence electrons. The molecule has 5 aromatic rings. The summed E-state index contributed by atoms with van der Waals surface area (Å²) in [7, 11) is 2.19. The van der Waals surface area contributed by atoms with Crippen molar-refractivity contribution < 1.29 is 0 Å². The van der Waals surface area contributed by atoms with Crippen LogP contribution in [-0.4, -0.2) is 58.3 Å². The Morgan fingerprint density at radius 2 is 1.84 bits per heavy atom. The molecule has 4 heterocycles. The maximum Gasteiger partial charge on any atom is 0.116 e. The number of aromatic amines is 2. The number of aromatic nitrogens is 4. The van der Waals surface area contributed by atoms with Gasteiger partial charge in [-0.15, -0.1) is 0 Å². The van der Waals surface area contributed by atoms with Gasteiger partial charge in [-0.05, 0) is 55.4 Å². The number of pyridine rings is 1. The van der Waals surface area contributed by atoms with E-state index in [1.54, 1.807) is 0 Å². The molecule has 0 amide bonds. The number of benzene rings is 2. The molecular formula is C30H33N7. The van der Waals surface area contributed by atoms with E-state index in [1.165, 1.54) is 11.1 Å². The van der Waals surface area contributed by atoms with Gasteiger partial charge >= 0.3 is 0 Å². The third kappa shape index (κ3) is 4.58. The van der Waals surface area contributed by atoms with Gasteiger partial charge in [-0.1, -0.05) is 32.1 Å². The van der Waals surface area contributed by atoms with Crippen LogP contribution in [0.1, 0.15) is 19.8 Å². The van der Waals surface area contributed by atoms with E-state index >= 15 is 0 Å². The second-order valence-corrected chi connectivity index (χ2v) is 9.99. The number of hydrogen-bond acceptors (Lipinski definition) is 5. The van der Waals surface area contributed by atoms with Crippen molar-refractivity contribution in [3.05, 3.63) is 73.2 Å². The van der Waals surface area contributed by atoms with E-state index in [0.29, 0.717) is 0 Å². The number of hydrogen-bond donors (Lipinski definition) is 3. The van der Waals surface area contributed by atoms with Crippen LogP contribution in [0.4, 0.5) is 11.4 Å². The number of rotatable bonds is 7. The minimum atomic E-state index is 0.927. The molecule has 1 fully saturated rings. The molecule has 0 saturated carbocycles. The summed E-state index contributed by atoms with van der Waals surface area (Å²) in [5.74, 6) is 0. The third-order valence-corrected chi connectivity index (χ3v) is 7.25. The van der Waals surface area contributed by atoms with Gasteiger partial charge in [0.25, 0.3) is 0 Å². The Morgan fingerprint density at radius 1 is 0.973 bits per heavy atom. The van der Waals surface area contributed by atoms with E-state index in [9.17, 15) is 0 Å². The number of H-pyrrole nitrogens is 2. The molecular weight excluding hydrogens is 458 g/mol. The van der Waals surface area contributed by atoms with E-state index in [-0.39, 0.29) is 0 Å². The lowest BCUT2D eigenvalue weighted by molar-refractivity contribution is 0.313. The van der Waals surface area contributed by atoms with Gasteiger partial charge in [0.15, 0.2) is 0 Å². The molecule has 7 nitrogen and oxygen atoms in total. The number of nitrogens with one attached hydrogen (secondary N) is 3. The van der Waals surface area contributed by atoms with Crippen LogP contribution in [0, 0.1) is 0 Å². The first-order chi connectivity index (χ1) is 18.1. The van der Waals surface area contributed by atoms with Gasteiger partial charge in [0, 0.05) is 65.6 Å². The molecule has 1 aliphatic rings. The summed E-state index contributed by atoms with van der Waals surface area (Å²) < 4.78 is 0. The standard InChI is InChI=1S/C30H33N7/c1-4-6-20(2)32-23-15-22(18-31-19-23)21-9-10-27-25(16-21)30(35-34-27)28-17-24-26(33-28)7-5-8-29(24)37-13-11-36(3)12-14-37/h5,7-10,15-19,32-33H,2,4,6,11-14H2,1,3H3,(H,34,35). The predicted molar refractivity (Wildman–Crippen MR) is 154 cm³/mol. The minimum Gasteiger partial charge on any atom is -0.368 e. The highest BCUT2D eigenvalue weighted by atomic mass is 15.2. The van der Waals surface area contributed by atoms with E-state index in [1.807, 2.05) is 12.4 Å². The van der Waals surface area contributed by atoms with Crippen LogP contribution in [0.3, 0.4) is 0 Å². The molecule has 2 aromatic carbocycles. The van der Waals surface area contributed by atoms with Crippen LogP contribution in [0.25, 0.3) is 44.3 Å². The average molecular weight is 492 g/mol. The highest BCUT2D eigenvalue weighted by Crippen LogP contribution is 2.35. The van der Waals surface area contributed by atoms with Crippen LogP contribution in [-0.2, 0) is 0 Å². The maximum absolute atomic E-state index is 4.71. The predicted octanol–water partition coefficient (Wildman–Crippen LogP) is 6.25. The van der Waals surface area contributed by atoms with Crippen molar-refractivity contribution in [1.29, 1.82) is 0 Å². The smallest absolute Gasteiger partial charge is 0.116 e. The van der Waals surface area contributed by atoms with Gasteiger partial charge in [0.2, 0.25) is 0 Å². The van der Waals surface area contributed by atoms with Crippen molar-refractivity contribution in [3.8, 4) is 22.5 Å². The summed E-state index contributed by atoms with van der Waals surface area (Å²) >= 11 is 0. The van der Waals surface area contributed by atoms with Crippen molar-refractivity contribution in [2.75, 3.05) is 43.4 Å². The molecule has 0 aliphatic carbocycles. The van der Waals surface area contributed by atoms with Crippen molar-refractivity contribution in [3.63, 3.8) is 0 Å². The highest BCUT2D eigenvalue weighted by molar-refractivity contribution is 6.01. The molecule has 1 saturated heterocycles. The monoisotopic (exact) mass is 491 g/mol. The van der Waals surface area contributed by atoms with Crippen molar-refractivity contribution in [1.82, 2.24) is 25.1 Å². The second-order valence-electron chi connectivity index (χ2n) is 9.99. The number of fused-ring (bicyclic) bond motifs is 2. The molecule has 7 heteroatoms. The lowest BCUT2D eigenvalue weighted by Gasteiger charge is -2.34. The number of piperazine rings is 1. The van der Waals surface area contributed by atoms with Gasteiger partial charge in [-0.2, -0.15) is 5.10 Å². The van der Waals surface area contributed by atoms with Crippen molar-refractivity contribution in [2.24, 2.45) is 0 Å². The SMILES string of the molecule is C=C(CCC)Nc1cncc(-c2ccc3[nH]nc(-c4cc5c(N6CCN(C)CC6)cccc5[nH]4)c3c2)c1. The summed E-state index contributed by atoms with van der Waals surface area (Å²) in [6.07, 6.45) is 5.74. The number of anilines is 2. The molecule has 0 radical (unpaired) electrons. The molecule has 3 N–H and O–H groups in total. The minimum absolute atomic E-state index is 0.927. The van der Waals surface area contributed by atoms with Crippen LogP contribution >= 0.6 is 0 Å². The summed E-state index contributed by atoms with van der Waals surface area (Å²) in [5.41, 5.74) is 9.48. The van der Waals surface area contributed by atoms with E-state index in [0.717, 1.165) is 89.3 Å². The van der Waals surface area contributed by atoms with Crippen molar-refractivity contribution in [2.45, 2.75) is 19.8 Å². The Kier molecular flexibility index (Phi) is 6.14. The van der Waals surface area contributed by atoms with Crippen LogP contribution in [0.15, 0.2) is 73.2 Å². The van der Waals surface area contributed by atoms with Crippen molar-refractivity contribution >= 4 is 33.2 Å². The van der Waals surface area contributed by atoms with Crippen LogP contribution < -0.4 is 10.2 Å². The summed E-state index contributed by atoms with van der Waals surface area (Å²) in [4.78, 5) is 13.0. The van der Waals surface area contributed by atoms with E-state index in [2.05, 4.69) is 99.3 Å². The Balaban J connectivity index is 1.35. The van der Waals surface area contributed by atoms with Crippen LogP contribution in [0.5, 0.6) is 0 Å². The Bertz CT molecular complexity index is 1570. The van der Waals surface area contributed by atoms with Gasteiger partial charge in [0.05, 0.1) is 23.1 Å². The van der Waals surface area contributed by atoms with Gasteiger partial charge < -0.3 is 20.1 Å². The van der Waals surface area contributed by atoms with E-state index in [4.69, 9.17) is 5.10 Å². The number of likely N-dealkylation sites (N-methyl/N-ethyl adjacent to an activating group) is 1. The average Bonchev–Trinajstić information content (AvgIpc) is 3.53. The zero-order valence-corrected chi connectivity index (χ0v) is 21.5. The quantitative estimate of drug-likeness (QED) is 0.251. The topological polar surface area (TPSA) is 75.9 Å². The number of nitrogens with zero attached hydrogens (tertiary/aromatic N) is 4. The molecule has 0 bridgehead atoms. The van der Waals surface area contributed by atoms with Gasteiger partial charge in [0.1, 0.15) is 5.69 Å². The first-order valence-electron chi connectivity index (χ1n) is 13.0. The first kappa shape index (κ1) is 23.3. The zero-order valence-electron chi connectivity index (χ0n) is 21.5. The Hall–Kier alpha value is -4.10.